The zero-order chi connectivity index (χ0) is 25.2. The summed E-state index contributed by atoms with van der Waals surface area (Å²) in [6, 6.07) is 2.24. The number of hydrogen-bond donors (Lipinski definition) is 1. The Morgan fingerprint density at radius 3 is 2.74 bits per heavy atom. The molecule has 4 rings (SSSR count). The molecular formula is C22H30ClN5O5S2. The number of morpholine rings is 1. The molecule has 0 spiro atoms. The highest BCUT2D eigenvalue weighted by Crippen LogP contribution is 2.29. The molecule has 4 atom stereocenters. The van der Waals surface area contributed by atoms with Gasteiger partial charge in [-0.05, 0) is 31.3 Å². The van der Waals surface area contributed by atoms with Gasteiger partial charge < -0.3 is 19.1 Å². The summed E-state index contributed by atoms with van der Waals surface area (Å²) in [7, 11) is -2.77. The lowest BCUT2D eigenvalue weighted by molar-refractivity contribution is -0.146. The molecule has 2 aromatic rings. The van der Waals surface area contributed by atoms with Crippen LogP contribution >= 0.6 is 22.9 Å². The summed E-state index contributed by atoms with van der Waals surface area (Å²) in [5.74, 6) is 4.41. The summed E-state index contributed by atoms with van der Waals surface area (Å²) in [5, 5.41) is 3.80. The molecule has 2 aliphatic heterocycles. The van der Waals surface area contributed by atoms with E-state index in [1.54, 1.807) is 11.8 Å². The van der Waals surface area contributed by atoms with Gasteiger partial charge in [-0.25, -0.2) is 4.72 Å². The van der Waals surface area contributed by atoms with E-state index in [9.17, 15) is 13.8 Å². The normalized spacial score (nSPS) is 22.3. The smallest absolute Gasteiger partial charge is 0.246 e. The van der Waals surface area contributed by atoms with Gasteiger partial charge in [-0.1, -0.05) is 23.7 Å². The summed E-state index contributed by atoms with van der Waals surface area (Å²) in [6.45, 7) is 5.82. The molecule has 0 aromatic carbocycles. The van der Waals surface area contributed by atoms with Crippen LogP contribution in [0.25, 0.3) is 0 Å². The first-order chi connectivity index (χ1) is 16.6. The Bertz CT molecular complexity index is 1160. The first-order valence-corrected chi connectivity index (χ1v) is 14.6. The molecule has 2 aromatic heterocycles. The van der Waals surface area contributed by atoms with Crippen molar-refractivity contribution in [1.29, 1.82) is 0 Å². The largest absolute Gasteiger partial charge is 0.378 e. The van der Waals surface area contributed by atoms with E-state index in [0.29, 0.717) is 55.3 Å². The second-order valence-electron chi connectivity index (χ2n) is 8.91. The molecule has 2 unspecified atom stereocenters. The van der Waals surface area contributed by atoms with Gasteiger partial charge in [0.15, 0.2) is 5.82 Å². The Kier molecular flexibility index (Phi) is 8.16. The quantitative estimate of drug-likeness (QED) is 0.476. The molecule has 13 heteroatoms. The topological polar surface area (TPSA) is 118 Å². The predicted molar refractivity (Wildman–Crippen MR) is 135 cm³/mol. The van der Waals surface area contributed by atoms with E-state index in [0.717, 1.165) is 4.88 Å². The number of hydrogen-bond acceptors (Lipinski definition) is 8. The molecule has 2 amide bonds. The lowest BCUT2D eigenvalue weighted by Crippen LogP contribution is -2.54. The monoisotopic (exact) mass is 543 g/mol. The van der Waals surface area contributed by atoms with Gasteiger partial charge in [-0.2, -0.15) is 4.98 Å². The molecule has 35 heavy (non-hydrogen) atoms. The minimum absolute atomic E-state index is 0.0333. The Labute approximate surface area is 214 Å². The Balaban J connectivity index is 1.46. The van der Waals surface area contributed by atoms with Crippen molar-refractivity contribution in [1.82, 2.24) is 24.7 Å². The Morgan fingerprint density at radius 2 is 2.11 bits per heavy atom. The second-order valence-corrected chi connectivity index (χ2v) is 12.8. The molecule has 4 heterocycles. The number of thiophene rings is 1. The molecule has 0 bridgehead atoms. The molecule has 0 radical (unpaired) electrons. The minimum Gasteiger partial charge on any atom is -0.378 e. The molecule has 2 fully saturated rings. The maximum Gasteiger partial charge on any atom is 0.246 e. The first kappa shape index (κ1) is 26.1. The van der Waals surface area contributed by atoms with Crippen molar-refractivity contribution in [3.8, 4) is 0 Å². The third kappa shape index (κ3) is 6.42. The summed E-state index contributed by atoms with van der Waals surface area (Å²) >= 11 is 7.47. The molecule has 0 saturated carbocycles. The van der Waals surface area contributed by atoms with E-state index in [1.807, 2.05) is 19.1 Å². The van der Waals surface area contributed by atoms with Crippen molar-refractivity contribution in [2.24, 2.45) is 0 Å². The number of likely N-dealkylation sites (tertiary alicyclic amines) is 1. The lowest BCUT2D eigenvalue weighted by atomic mass is 10.1. The number of halogens is 1. The SMILES string of the molecule is C=S(=O)(CC(C)c1ccc(Cl)s1)N[C@H]1CCN([C@@H](Cc2nc(C)no2)C(=O)N2CCOCC2)C1=O. The molecule has 0 aliphatic carbocycles. The van der Waals surface area contributed by atoms with Crippen LogP contribution in [0.1, 0.15) is 35.9 Å². The fourth-order valence-corrected chi connectivity index (χ4v) is 7.46. The fraction of sp³-hybridized carbons (Fsp3) is 0.591. The van der Waals surface area contributed by atoms with Crippen LogP contribution in [0.4, 0.5) is 0 Å². The van der Waals surface area contributed by atoms with Crippen molar-refractivity contribution in [3.05, 3.63) is 33.1 Å². The van der Waals surface area contributed by atoms with E-state index in [2.05, 4.69) is 20.7 Å². The number of ether oxygens (including phenoxy) is 1. The van der Waals surface area contributed by atoms with Crippen molar-refractivity contribution in [3.63, 3.8) is 0 Å². The van der Waals surface area contributed by atoms with E-state index in [4.69, 9.17) is 20.9 Å². The maximum atomic E-state index is 13.4. The lowest BCUT2D eigenvalue weighted by Gasteiger charge is -2.34. The Morgan fingerprint density at radius 1 is 1.37 bits per heavy atom. The maximum absolute atomic E-state index is 13.4. The van der Waals surface area contributed by atoms with Crippen LogP contribution < -0.4 is 4.72 Å². The van der Waals surface area contributed by atoms with Crippen molar-refractivity contribution in [2.75, 3.05) is 38.6 Å². The highest BCUT2D eigenvalue weighted by Gasteiger charge is 2.42. The summed E-state index contributed by atoms with van der Waals surface area (Å²) in [5.41, 5.74) is 0. The van der Waals surface area contributed by atoms with Gasteiger partial charge in [0.05, 0.1) is 30.0 Å². The van der Waals surface area contributed by atoms with Crippen LogP contribution in [0.2, 0.25) is 4.34 Å². The van der Waals surface area contributed by atoms with Crippen LogP contribution in [0.3, 0.4) is 0 Å². The standard InChI is InChI=1S/C22H30ClN5O5S2/c1-14(18-4-5-19(23)34-18)13-35(3,31)26-16-6-7-28(21(16)29)17(12-20-24-15(2)25-33-20)22(30)27-8-10-32-11-9-27/h4-5,14,16-17H,3,6-13H2,1-2H3,(H,26,31)/t14?,16-,17-,35?/m0/s1. The number of aryl methyl sites for hydroxylation is 1. The fourth-order valence-electron chi connectivity index (χ4n) is 4.42. The zero-order valence-corrected chi connectivity index (χ0v) is 22.2. The summed E-state index contributed by atoms with van der Waals surface area (Å²) in [4.78, 5) is 35.3. The van der Waals surface area contributed by atoms with Crippen LogP contribution in [0, 0.1) is 6.92 Å². The highest BCUT2D eigenvalue weighted by molar-refractivity contribution is 7.98. The number of carbonyl (C=O) groups excluding carboxylic acids is 2. The average molecular weight is 544 g/mol. The van der Waals surface area contributed by atoms with Crippen molar-refractivity contribution < 1.29 is 23.1 Å². The van der Waals surface area contributed by atoms with E-state index in [-0.39, 0.29) is 29.9 Å². The number of aromatic nitrogens is 2. The minimum atomic E-state index is -2.77. The van der Waals surface area contributed by atoms with Gasteiger partial charge in [-0.15, -0.1) is 11.3 Å². The molecule has 2 aliphatic rings. The molecule has 192 valence electrons. The number of carbonyl (C=O) groups is 2. The van der Waals surface area contributed by atoms with Gasteiger partial charge >= 0.3 is 0 Å². The number of nitrogens with one attached hydrogen (secondary N) is 1. The van der Waals surface area contributed by atoms with E-state index >= 15 is 0 Å². The zero-order valence-electron chi connectivity index (χ0n) is 19.8. The third-order valence-corrected chi connectivity index (χ3v) is 9.33. The summed E-state index contributed by atoms with van der Waals surface area (Å²) in [6.07, 6.45) is 0.533. The molecular weight excluding hydrogens is 514 g/mol. The van der Waals surface area contributed by atoms with Crippen LogP contribution in [-0.2, 0) is 30.5 Å². The van der Waals surface area contributed by atoms with Crippen LogP contribution in [0.5, 0.6) is 0 Å². The van der Waals surface area contributed by atoms with Crippen molar-refractivity contribution >= 4 is 50.3 Å². The average Bonchev–Trinajstić information content (AvgIpc) is 3.53. The number of nitrogens with zero attached hydrogens (tertiary/aromatic N) is 4. The van der Waals surface area contributed by atoms with Crippen LogP contribution in [-0.4, -0.2) is 92.5 Å². The van der Waals surface area contributed by atoms with Gasteiger partial charge in [0.2, 0.25) is 17.7 Å². The first-order valence-electron chi connectivity index (χ1n) is 11.5. The van der Waals surface area contributed by atoms with Gasteiger partial charge in [0.1, 0.15) is 6.04 Å². The molecule has 2 saturated heterocycles. The Hall–Kier alpha value is -1.99. The van der Waals surface area contributed by atoms with E-state index in [1.165, 1.54) is 16.2 Å². The van der Waals surface area contributed by atoms with Crippen molar-refractivity contribution in [2.45, 2.75) is 44.7 Å². The molecule has 1 N–H and O–H groups in total. The highest BCUT2D eigenvalue weighted by atomic mass is 35.5. The van der Waals surface area contributed by atoms with Gasteiger partial charge in [0, 0.05) is 45.9 Å². The van der Waals surface area contributed by atoms with Gasteiger partial charge in [-0.3, -0.25) is 13.8 Å². The predicted octanol–water partition coefficient (Wildman–Crippen LogP) is 1.49. The second kappa shape index (κ2) is 11.0. The third-order valence-electron chi connectivity index (χ3n) is 6.12. The van der Waals surface area contributed by atoms with Crippen LogP contribution in [0.15, 0.2) is 16.7 Å². The van der Waals surface area contributed by atoms with Gasteiger partial charge in [0.25, 0.3) is 0 Å². The number of amides is 2. The van der Waals surface area contributed by atoms with E-state index < -0.39 is 21.8 Å². The molecule has 10 nitrogen and oxygen atoms in total. The summed E-state index contributed by atoms with van der Waals surface area (Å²) < 4.78 is 27.6. The number of rotatable bonds is 9.